The monoisotopic (exact) mass is 273 g/mol. The van der Waals surface area contributed by atoms with Crippen molar-refractivity contribution in [3.63, 3.8) is 0 Å². The number of sulfone groups is 1. The van der Waals surface area contributed by atoms with Crippen molar-refractivity contribution in [1.29, 1.82) is 0 Å². The van der Waals surface area contributed by atoms with Crippen molar-refractivity contribution >= 4 is 9.84 Å². The van der Waals surface area contributed by atoms with Gasteiger partial charge in [-0.25, -0.2) is 8.42 Å². The van der Waals surface area contributed by atoms with E-state index in [4.69, 9.17) is 0 Å². The molecule has 1 N–H and O–H groups in total. The predicted octanol–water partition coefficient (Wildman–Crippen LogP) is 2.37. The summed E-state index contributed by atoms with van der Waals surface area (Å²) in [7, 11) is -0.691. The van der Waals surface area contributed by atoms with Crippen LogP contribution >= 0.6 is 0 Å². The van der Waals surface area contributed by atoms with Crippen LogP contribution in [0, 0.1) is 11.8 Å². The van der Waals surface area contributed by atoms with Crippen molar-refractivity contribution in [3.05, 3.63) is 0 Å². The third kappa shape index (κ3) is 4.23. The first kappa shape index (κ1) is 14.3. The van der Waals surface area contributed by atoms with Gasteiger partial charge in [-0.15, -0.1) is 0 Å². The summed E-state index contributed by atoms with van der Waals surface area (Å²) in [5, 5.41) is 3.39. The molecule has 0 bridgehead atoms. The van der Waals surface area contributed by atoms with E-state index in [-0.39, 0.29) is 0 Å². The molecule has 4 heteroatoms. The van der Waals surface area contributed by atoms with E-state index in [9.17, 15) is 8.42 Å². The van der Waals surface area contributed by atoms with Crippen molar-refractivity contribution in [3.8, 4) is 0 Å². The average Bonchev–Trinajstić information content (AvgIpc) is 2.94. The van der Waals surface area contributed by atoms with Gasteiger partial charge in [-0.05, 0) is 44.6 Å². The molecule has 1 aliphatic heterocycles. The van der Waals surface area contributed by atoms with Gasteiger partial charge in [0.2, 0.25) is 0 Å². The summed E-state index contributed by atoms with van der Waals surface area (Å²) in [4.78, 5) is 0. The molecule has 1 aliphatic carbocycles. The van der Waals surface area contributed by atoms with E-state index in [2.05, 4.69) is 5.32 Å². The van der Waals surface area contributed by atoms with Crippen LogP contribution in [0.1, 0.15) is 51.4 Å². The third-order valence-corrected chi connectivity index (χ3v) is 6.59. The molecule has 0 aromatic heterocycles. The normalized spacial score (nSPS) is 29.7. The Morgan fingerprint density at radius 1 is 1.17 bits per heavy atom. The molecular formula is C14H27NO2S. The number of nitrogens with one attached hydrogen (secondary N) is 1. The third-order valence-electron chi connectivity index (χ3n) is 4.75. The van der Waals surface area contributed by atoms with Gasteiger partial charge in [0.1, 0.15) is 0 Å². The highest BCUT2D eigenvalue weighted by Crippen LogP contribution is 2.30. The van der Waals surface area contributed by atoms with E-state index in [1.165, 1.54) is 38.5 Å². The Morgan fingerprint density at radius 3 is 2.44 bits per heavy atom. The Hall–Kier alpha value is -0.0900. The second-order valence-electron chi connectivity index (χ2n) is 6.22. The summed E-state index contributed by atoms with van der Waals surface area (Å²) in [5.41, 5.74) is 0. The van der Waals surface area contributed by atoms with Crippen molar-refractivity contribution in [2.45, 2.75) is 57.4 Å². The highest BCUT2D eigenvalue weighted by atomic mass is 32.2. The van der Waals surface area contributed by atoms with E-state index in [0.29, 0.717) is 23.5 Å². The van der Waals surface area contributed by atoms with E-state index < -0.39 is 9.84 Å². The first-order chi connectivity index (χ1) is 8.59. The zero-order valence-corrected chi connectivity index (χ0v) is 12.3. The number of hydrogen-bond donors (Lipinski definition) is 1. The first-order valence-electron chi connectivity index (χ1n) is 7.47. The van der Waals surface area contributed by atoms with Gasteiger partial charge in [0, 0.05) is 6.04 Å². The molecule has 1 saturated heterocycles. The fraction of sp³-hybridized carbons (Fsp3) is 1.00. The van der Waals surface area contributed by atoms with Gasteiger partial charge in [0.15, 0.2) is 9.84 Å². The van der Waals surface area contributed by atoms with Crippen LogP contribution < -0.4 is 5.32 Å². The minimum absolute atomic E-state index is 0.399. The molecule has 2 aliphatic rings. The molecule has 0 radical (unpaired) electrons. The van der Waals surface area contributed by atoms with Crippen molar-refractivity contribution in [1.82, 2.24) is 5.32 Å². The topological polar surface area (TPSA) is 46.2 Å². The molecule has 3 nitrogen and oxygen atoms in total. The molecule has 106 valence electrons. The Labute approximate surface area is 112 Å². The summed E-state index contributed by atoms with van der Waals surface area (Å²) >= 11 is 0. The lowest BCUT2D eigenvalue weighted by Crippen LogP contribution is -2.28. The molecular weight excluding hydrogens is 246 g/mol. The predicted molar refractivity (Wildman–Crippen MR) is 75.4 cm³/mol. The molecule has 2 rings (SSSR count). The SMILES string of the molecule is CNC(CCC1CCCC1)CC1CCS(=O)(=O)C1. The van der Waals surface area contributed by atoms with Gasteiger partial charge in [0.05, 0.1) is 11.5 Å². The molecule has 0 amide bonds. The summed E-state index contributed by atoms with van der Waals surface area (Å²) in [5.74, 6) is 2.18. The molecule has 18 heavy (non-hydrogen) atoms. The quantitative estimate of drug-likeness (QED) is 0.808. The molecule has 2 atom stereocenters. The average molecular weight is 273 g/mol. The van der Waals surface area contributed by atoms with Crippen LogP contribution in [-0.2, 0) is 9.84 Å². The lowest BCUT2D eigenvalue weighted by molar-refractivity contribution is 0.366. The fourth-order valence-corrected chi connectivity index (χ4v) is 5.46. The first-order valence-corrected chi connectivity index (χ1v) is 9.29. The molecule has 2 unspecified atom stereocenters. The fourth-order valence-electron chi connectivity index (χ4n) is 3.58. The van der Waals surface area contributed by atoms with Crippen molar-refractivity contribution < 1.29 is 8.42 Å². The summed E-state index contributed by atoms with van der Waals surface area (Å²) in [6, 6.07) is 0.517. The standard InChI is InChI=1S/C14H27NO2S/c1-15-14(7-6-12-4-2-3-5-12)10-13-8-9-18(16,17)11-13/h12-15H,2-11H2,1H3. The Bertz CT molecular complexity index is 347. The van der Waals surface area contributed by atoms with E-state index >= 15 is 0 Å². The minimum atomic E-state index is -2.71. The Balaban J connectivity index is 1.71. The lowest BCUT2D eigenvalue weighted by Gasteiger charge is -2.21. The summed E-state index contributed by atoms with van der Waals surface area (Å²) in [6.45, 7) is 0. The molecule has 0 aromatic rings. The van der Waals surface area contributed by atoms with Crippen LogP contribution in [0.15, 0.2) is 0 Å². The lowest BCUT2D eigenvalue weighted by atomic mass is 9.92. The van der Waals surface area contributed by atoms with Gasteiger partial charge in [-0.1, -0.05) is 25.7 Å². The smallest absolute Gasteiger partial charge is 0.150 e. The van der Waals surface area contributed by atoms with Crippen LogP contribution in [0.3, 0.4) is 0 Å². The second-order valence-corrected chi connectivity index (χ2v) is 8.45. The maximum Gasteiger partial charge on any atom is 0.150 e. The number of rotatable bonds is 6. The van der Waals surface area contributed by atoms with Gasteiger partial charge in [0.25, 0.3) is 0 Å². The molecule has 1 heterocycles. The van der Waals surface area contributed by atoms with Crippen LogP contribution in [0.4, 0.5) is 0 Å². The van der Waals surface area contributed by atoms with Crippen LogP contribution in [-0.4, -0.2) is 33.0 Å². The van der Waals surface area contributed by atoms with Crippen LogP contribution in [0.25, 0.3) is 0 Å². The van der Waals surface area contributed by atoms with Gasteiger partial charge < -0.3 is 5.32 Å². The highest BCUT2D eigenvalue weighted by molar-refractivity contribution is 7.91. The van der Waals surface area contributed by atoms with E-state index in [0.717, 1.165) is 18.8 Å². The summed E-state index contributed by atoms with van der Waals surface area (Å²) < 4.78 is 22.9. The maximum atomic E-state index is 11.5. The minimum Gasteiger partial charge on any atom is -0.317 e. The molecule has 2 fully saturated rings. The highest BCUT2D eigenvalue weighted by Gasteiger charge is 2.29. The summed E-state index contributed by atoms with van der Waals surface area (Å²) in [6.07, 6.45) is 10.1. The van der Waals surface area contributed by atoms with Gasteiger partial charge >= 0.3 is 0 Å². The van der Waals surface area contributed by atoms with Crippen molar-refractivity contribution in [2.24, 2.45) is 11.8 Å². The maximum absolute atomic E-state index is 11.5. The number of hydrogen-bond acceptors (Lipinski definition) is 3. The van der Waals surface area contributed by atoms with Gasteiger partial charge in [-0.3, -0.25) is 0 Å². The van der Waals surface area contributed by atoms with Gasteiger partial charge in [-0.2, -0.15) is 0 Å². The van der Waals surface area contributed by atoms with Crippen molar-refractivity contribution in [2.75, 3.05) is 18.6 Å². The molecule has 0 aromatic carbocycles. The molecule has 0 spiro atoms. The zero-order chi connectivity index (χ0) is 13.0. The van der Waals surface area contributed by atoms with E-state index in [1.54, 1.807) is 0 Å². The van der Waals surface area contributed by atoms with E-state index in [1.807, 2.05) is 7.05 Å². The zero-order valence-electron chi connectivity index (χ0n) is 11.5. The molecule has 1 saturated carbocycles. The Morgan fingerprint density at radius 2 is 1.89 bits per heavy atom. The van der Waals surface area contributed by atoms with Crippen LogP contribution in [0.2, 0.25) is 0 Å². The van der Waals surface area contributed by atoms with Crippen LogP contribution in [0.5, 0.6) is 0 Å². The second kappa shape index (κ2) is 6.38. The largest absolute Gasteiger partial charge is 0.317 e. The Kier molecular flexibility index (Phi) is 5.07.